The molecule has 3 heterocycles. The summed E-state index contributed by atoms with van der Waals surface area (Å²) in [6, 6.07) is 7.55. The summed E-state index contributed by atoms with van der Waals surface area (Å²) in [5.74, 6) is -1.65. The highest BCUT2D eigenvalue weighted by Gasteiger charge is 2.67. The third-order valence-corrected chi connectivity index (χ3v) is 8.29. The van der Waals surface area contributed by atoms with Gasteiger partial charge in [0.2, 0.25) is 5.91 Å². The number of methoxy groups -OCH3 is 3. The average Bonchev–Trinajstić information content (AvgIpc) is 3.07. The van der Waals surface area contributed by atoms with Crippen LogP contribution in [-0.2, 0) is 36.3 Å². The molecule has 2 saturated heterocycles. The highest BCUT2D eigenvalue weighted by molar-refractivity contribution is 14.1. The largest absolute Gasteiger partial charge is 0.468 e. The predicted octanol–water partition coefficient (Wildman–Crippen LogP) is 2.99. The second kappa shape index (κ2) is 7.90. The lowest BCUT2D eigenvalue weighted by atomic mass is 9.58. The summed E-state index contributed by atoms with van der Waals surface area (Å²) in [4.78, 5) is 28.2. The van der Waals surface area contributed by atoms with Crippen LogP contribution in [0.3, 0.4) is 0 Å². The van der Waals surface area contributed by atoms with Crippen molar-refractivity contribution in [2.45, 2.75) is 30.1 Å². The molecule has 2 aromatic rings. The van der Waals surface area contributed by atoms with Crippen molar-refractivity contribution in [1.82, 2.24) is 9.47 Å². The number of fused-ring (bicyclic) bond motifs is 4. The first kappa shape index (κ1) is 22.3. The predicted molar refractivity (Wildman–Crippen MR) is 125 cm³/mol. The molecule has 1 aromatic carbocycles. The molecule has 7 nitrogen and oxygen atoms in total. The third-order valence-electron chi connectivity index (χ3n) is 7.20. The number of esters is 1. The third kappa shape index (κ3) is 2.91. The summed E-state index contributed by atoms with van der Waals surface area (Å²) >= 11 is 2.31. The SMILES string of the molecule is C=CC(=O)N1C[C@@H]2C[C@](C(=O)OC)(c3c(I)c4ccccc4n3C)[C@H]1CC2(OC)OC. The molecule has 166 valence electrons. The average molecular weight is 538 g/mol. The number of ether oxygens (including phenoxy) is 3. The highest BCUT2D eigenvalue weighted by Crippen LogP contribution is 2.56. The number of amides is 1. The lowest BCUT2D eigenvalue weighted by molar-refractivity contribution is -0.293. The van der Waals surface area contributed by atoms with Crippen molar-refractivity contribution in [2.24, 2.45) is 13.0 Å². The van der Waals surface area contributed by atoms with E-state index in [1.807, 2.05) is 31.3 Å². The zero-order valence-corrected chi connectivity index (χ0v) is 20.3. The minimum absolute atomic E-state index is 0.211. The quantitative estimate of drug-likeness (QED) is 0.254. The zero-order valence-electron chi connectivity index (χ0n) is 18.2. The molecule has 5 rings (SSSR count). The van der Waals surface area contributed by atoms with Gasteiger partial charge in [0.05, 0.1) is 18.8 Å². The van der Waals surface area contributed by atoms with Crippen molar-refractivity contribution in [1.29, 1.82) is 0 Å². The Balaban J connectivity index is 2.01. The van der Waals surface area contributed by atoms with Crippen molar-refractivity contribution in [2.75, 3.05) is 27.9 Å². The van der Waals surface area contributed by atoms with Crippen LogP contribution >= 0.6 is 22.6 Å². The maximum absolute atomic E-state index is 13.6. The highest BCUT2D eigenvalue weighted by atomic mass is 127. The van der Waals surface area contributed by atoms with Crippen molar-refractivity contribution in [3.63, 3.8) is 0 Å². The number of hydrogen-bond acceptors (Lipinski definition) is 5. The van der Waals surface area contributed by atoms with Crippen LogP contribution in [0.4, 0.5) is 0 Å². The number of rotatable bonds is 5. The molecule has 8 heteroatoms. The fourth-order valence-electron chi connectivity index (χ4n) is 5.77. The second-order valence-corrected chi connectivity index (χ2v) is 9.32. The molecule has 0 N–H and O–H groups in total. The normalized spacial score (nSPS) is 26.8. The van der Waals surface area contributed by atoms with Crippen LogP contribution in [-0.4, -0.2) is 61.0 Å². The van der Waals surface area contributed by atoms with Gasteiger partial charge in [-0.3, -0.25) is 9.59 Å². The van der Waals surface area contributed by atoms with Crippen LogP contribution in [0.1, 0.15) is 18.5 Å². The van der Waals surface area contributed by atoms with Gasteiger partial charge in [-0.2, -0.15) is 0 Å². The Labute approximate surface area is 195 Å². The molecule has 3 fully saturated rings. The van der Waals surface area contributed by atoms with Gasteiger partial charge in [-0.25, -0.2) is 0 Å². The molecule has 2 aliphatic heterocycles. The van der Waals surface area contributed by atoms with E-state index in [4.69, 9.17) is 14.2 Å². The van der Waals surface area contributed by atoms with Crippen LogP contribution in [0, 0.1) is 9.49 Å². The summed E-state index contributed by atoms with van der Waals surface area (Å²) < 4.78 is 20.1. The molecular weight excluding hydrogens is 511 g/mol. The van der Waals surface area contributed by atoms with Gasteiger partial charge in [0, 0.05) is 54.6 Å². The number of benzene rings is 1. The van der Waals surface area contributed by atoms with E-state index in [-0.39, 0.29) is 17.8 Å². The number of para-hydroxylation sites is 1. The standard InChI is InChI=1S/C23H27IN2O5/c1-6-18(27)26-13-14-11-22(21(28)29-3,17(26)12-23(14,30-4)31-5)20-19(24)15-9-7-8-10-16(15)25(20)2/h6-10,14,17H,1,11-13H2,2-5H3/t14-,17+,22+/m0/s1. The van der Waals surface area contributed by atoms with Crippen LogP contribution in [0.25, 0.3) is 10.9 Å². The molecule has 0 unspecified atom stereocenters. The van der Waals surface area contributed by atoms with E-state index >= 15 is 0 Å². The molecule has 1 aliphatic carbocycles. The number of carbonyl (C=O) groups is 2. The fraction of sp³-hybridized carbons (Fsp3) is 0.478. The van der Waals surface area contributed by atoms with Gasteiger partial charge >= 0.3 is 5.97 Å². The number of aryl methyl sites for hydroxylation is 1. The molecule has 3 atom stereocenters. The summed E-state index contributed by atoms with van der Waals surface area (Å²) in [6.07, 6.45) is 2.11. The molecule has 3 aliphatic rings. The summed E-state index contributed by atoms with van der Waals surface area (Å²) in [5.41, 5.74) is 0.831. The topological polar surface area (TPSA) is 70.0 Å². The number of piperidine rings is 2. The molecular formula is C23H27IN2O5. The van der Waals surface area contributed by atoms with E-state index in [1.165, 1.54) is 13.2 Å². The van der Waals surface area contributed by atoms with Gasteiger partial charge < -0.3 is 23.7 Å². The second-order valence-electron chi connectivity index (χ2n) is 8.24. The Morgan fingerprint density at radius 2 is 1.87 bits per heavy atom. The van der Waals surface area contributed by atoms with Crippen LogP contribution in [0.5, 0.6) is 0 Å². The molecule has 1 aromatic heterocycles. The monoisotopic (exact) mass is 538 g/mol. The lowest BCUT2D eigenvalue weighted by Gasteiger charge is -2.61. The van der Waals surface area contributed by atoms with E-state index in [9.17, 15) is 9.59 Å². The molecule has 1 saturated carbocycles. The minimum atomic E-state index is -1.05. The van der Waals surface area contributed by atoms with Crippen molar-refractivity contribution < 1.29 is 23.8 Å². The number of halogens is 1. The molecule has 1 amide bonds. The summed E-state index contributed by atoms with van der Waals surface area (Å²) in [5, 5.41) is 1.07. The molecule has 0 spiro atoms. The van der Waals surface area contributed by atoms with Gasteiger partial charge in [-0.1, -0.05) is 24.8 Å². The molecule has 31 heavy (non-hydrogen) atoms. The first-order chi connectivity index (χ1) is 14.8. The Hall–Kier alpha value is -1.91. The number of aromatic nitrogens is 1. The van der Waals surface area contributed by atoms with Gasteiger partial charge in [0.15, 0.2) is 5.79 Å². The Morgan fingerprint density at radius 3 is 2.42 bits per heavy atom. The minimum Gasteiger partial charge on any atom is -0.468 e. The Kier molecular flexibility index (Phi) is 5.68. The van der Waals surface area contributed by atoms with Crippen LogP contribution in [0.15, 0.2) is 36.9 Å². The van der Waals surface area contributed by atoms with Crippen molar-refractivity contribution in [3.8, 4) is 0 Å². The molecule has 2 bridgehead atoms. The van der Waals surface area contributed by atoms with E-state index in [0.717, 1.165) is 20.2 Å². The number of carbonyl (C=O) groups excluding carboxylic acids is 2. The van der Waals surface area contributed by atoms with E-state index in [2.05, 4.69) is 33.7 Å². The Bertz CT molecular complexity index is 1020. The molecule has 0 radical (unpaired) electrons. The van der Waals surface area contributed by atoms with Crippen LogP contribution in [0.2, 0.25) is 0 Å². The smallest absolute Gasteiger partial charge is 0.320 e. The van der Waals surface area contributed by atoms with Crippen molar-refractivity contribution in [3.05, 3.63) is 46.2 Å². The summed E-state index contributed by atoms with van der Waals surface area (Å²) in [7, 11) is 6.60. The van der Waals surface area contributed by atoms with Gasteiger partial charge in [-0.15, -0.1) is 0 Å². The number of hydrogen-bond donors (Lipinski definition) is 0. The van der Waals surface area contributed by atoms with Gasteiger partial charge in [0.25, 0.3) is 0 Å². The van der Waals surface area contributed by atoms with Crippen LogP contribution < -0.4 is 0 Å². The van der Waals surface area contributed by atoms with Gasteiger partial charge in [-0.05, 0) is 41.2 Å². The van der Waals surface area contributed by atoms with Gasteiger partial charge in [0.1, 0.15) is 5.41 Å². The first-order valence-corrected chi connectivity index (χ1v) is 11.2. The summed E-state index contributed by atoms with van der Waals surface area (Å²) in [6.45, 7) is 4.10. The zero-order chi connectivity index (χ0) is 22.6. The lowest BCUT2D eigenvalue weighted by Crippen LogP contribution is -2.73. The Morgan fingerprint density at radius 1 is 1.19 bits per heavy atom. The van der Waals surface area contributed by atoms with E-state index in [0.29, 0.717) is 19.4 Å². The van der Waals surface area contributed by atoms with E-state index in [1.54, 1.807) is 19.1 Å². The first-order valence-electron chi connectivity index (χ1n) is 10.2. The number of nitrogens with zero attached hydrogens (tertiary/aromatic N) is 2. The van der Waals surface area contributed by atoms with Crippen molar-refractivity contribution >= 4 is 45.4 Å². The maximum atomic E-state index is 13.6. The maximum Gasteiger partial charge on any atom is 0.320 e. The van der Waals surface area contributed by atoms with E-state index < -0.39 is 17.2 Å². The fourth-order valence-corrected chi connectivity index (χ4v) is 7.07.